The average Bonchev–Trinajstić information content (AvgIpc) is 2.84. The predicted molar refractivity (Wildman–Crippen MR) is 130 cm³/mol. The molecule has 4 rings (SSSR count). The molecule has 9 nitrogen and oxygen atoms in total. The molecule has 0 aliphatic rings. The van der Waals surface area contributed by atoms with Gasteiger partial charge in [0.05, 0.1) is 10.8 Å². The van der Waals surface area contributed by atoms with Crippen LogP contribution in [0, 0.1) is 10.1 Å². The molecular weight excluding hydrogens is 456 g/mol. The van der Waals surface area contributed by atoms with E-state index in [-0.39, 0.29) is 11.6 Å². The monoisotopic (exact) mass is 474 g/mol. The van der Waals surface area contributed by atoms with Crippen molar-refractivity contribution in [1.29, 1.82) is 0 Å². The van der Waals surface area contributed by atoms with E-state index in [4.69, 9.17) is 11.6 Å². The first-order valence-electron chi connectivity index (χ1n) is 10.2. The highest BCUT2D eigenvalue weighted by Gasteiger charge is 2.26. The second-order valence-corrected chi connectivity index (χ2v) is 7.62. The van der Waals surface area contributed by atoms with Gasteiger partial charge in [-0.2, -0.15) is 0 Å². The lowest BCUT2D eigenvalue weighted by Crippen LogP contribution is -2.35. The van der Waals surface area contributed by atoms with E-state index in [1.165, 1.54) is 0 Å². The van der Waals surface area contributed by atoms with Gasteiger partial charge in [0.25, 0.3) is 0 Å². The highest BCUT2D eigenvalue weighted by Crippen LogP contribution is 2.31. The molecule has 0 unspecified atom stereocenters. The number of halogens is 1. The zero-order chi connectivity index (χ0) is 23.9. The lowest BCUT2D eigenvalue weighted by molar-refractivity contribution is -0.383. The van der Waals surface area contributed by atoms with Crippen LogP contribution in [0.2, 0.25) is 5.02 Å². The molecule has 3 aromatic carbocycles. The van der Waals surface area contributed by atoms with E-state index in [2.05, 4.69) is 26.1 Å². The lowest BCUT2D eigenvalue weighted by atomic mass is 9.91. The highest BCUT2D eigenvalue weighted by molar-refractivity contribution is 6.30. The van der Waals surface area contributed by atoms with Crippen molar-refractivity contribution in [2.24, 2.45) is 0 Å². The first kappa shape index (κ1) is 22.7. The summed E-state index contributed by atoms with van der Waals surface area (Å²) in [6.07, 6.45) is 1.15. The van der Waals surface area contributed by atoms with Crippen LogP contribution in [-0.4, -0.2) is 20.8 Å². The van der Waals surface area contributed by atoms with Crippen molar-refractivity contribution in [3.63, 3.8) is 0 Å². The summed E-state index contributed by atoms with van der Waals surface area (Å²) in [4.78, 5) is 32.3. The molecule has 10 heteroatoms. The van der Waals surface area contributed by atoms with Gasteiger partial charge in [0.2, 0.25) is 17.5 Å². The highest BCUT2D eigenvalue weighted by atomic mass is 35.5. The molecule has 1 heterocycles. The summed E-state index contributed by atoms with van der Waals surface area (Å²) in [5, 5.41) is 15.2. The molecule has 4 aromatic rings. The molecular formula is C24H19ClN6O3. The Morgan fingerprint density at radius 2 is 1.50 bits per heavy atom. The van der Waals surface area contributed by atoms with Crippen LogP contribution >= 0.6 is 11.6 Å². The molecule has 0 radical (unpaired) electrons. The van der Waals surface area contributed by atoms with Crippen molar-refractivity contribution in [3.8, 4) is 0 Å². The number of benzene rings is 3. The molecule has 0 aliphatic heterocycles. The molecule has 0 saturated carbocycles. The van der Waals surface area contributed by atoms with Gasteiger partial charge in [0.15, 0.2) is 0 Å². The van der Waals surface area contributed by atoms with Gasteiger partial charge in [-0.1, -0.05) is 78.3 Å². The second-order valence-electron chi connectivity index (χ2n) is 7.18. The smallest absolute Gasteiger partial charge is 0.334 e. The Bertz CT molecular complexity index is 1270. The number of amides is 1. The third-order valence-electron chi connectivity index (χ3n) is 4.92. The molecule has 0 fully saturated rings. The van der Waals surface area contributed by atoms with E-state index in [0.29, 0.717) is 10.7 Å². The van der Waals surface area contributed by atoms with Crippen LogP contribution < -0.4 is 16.2 Å². The normalized spacial score (nSPS) is 10.5. The fourth-order valence-electron chi connectivity index (χ4n) is 3.42. The van der Waals surface area contributed by atoms with Crippen LogP contribution in [0.25, 0.3) is 0 Å². The molecule has 0 spiro atoms. The molecule has 34 heavy (non-hydrogen) atoms. The number of hydrogen-bond acceptors (Lipinski definition) is 7. The number of hydrogen-bond donors (Lipinski definition) is 3. The first-order chi connectivity index (χ1) is 16.5. The maximum absolute atomic E-state index is 13.2. The maximum Gasteiger partial charge on any atom is 0.355 e. The summed E-state index contributed by atoms with van der Waals surface area (Å²) in [5.41, 5.74) is 6.78. The third kappa shape index (κ3) is 5.28. The fourth-order valence-corrected chi connectivity index (χ4v) is 3.61. The molecule has 0 bridgehead atoms. The van der Waals surface area contributed by atoms with Crippen LogP contribution in [-0.2, 0) is 4.79 Å². The van der Waals surface area contributed by atoms with Crippen molar-refractivity contribution in [3.05, 3.63) is 118 Å². The van der Waals surface area contributed by atoms with Crippen molar-refractivity contribution < 1.29 is 9.72 Å². The van der Waals surface area contributed by atoms with Gasteiger partial charge in [-0.05, 0) is 29.3 Å². The summed E-state index contributed by atoms with van der Waals surface area (Å²) < 4.78 is 0. The average molecular weight is 475 g/mol. The van der Waals surface area contributed by atoms with Gasteiger partial charge in [0.1, 0.15) is 6.33 Å². The number of carbonyl (C=O) groups excluding carboxylic acids is 1. The zero-order valence-electron chi connectivity index (χ0n) is 17.7. The van der Waals surface area contributed by atoms with Crippen LogP contribution in [0.4, 0.5) is 23.0 Å². The number of nitro groups is 1. The Morgan fingerprint density at radius 3 is 2.09 bits per heavy atom. The van der Waals surface area contributed by atoms with E-state index in [0.717, 1.165) is 17.5 Å². The van der Waals surface area contributed by atoms with Crippen molar-refractivity contribution in [1.82, 2.24) is 15.4 Å². The number of hydrazine groups is 1. The number of anilines is 3. The largest absolute Gasteiger partial charge is 0.355 e. The third-order valence-corrected chi connectivity index (χ3v) is 5.16. The summed E-state index contributed by atoms with van der Waals surface area (Å²) in [5.74, 6) is -1.27. The number of nitrogens with one attached hydrogen (secondary N) is 3. The minimum absolute atomic E-state index is 0.0540. The fraction of sp³-hybridized carbons (Fsp3) is 0.0417. The number of nitrogens with zero attached hydrogens (tertiary/aromatic N) is 3. The van der Waals surface area contributed by atoms with Crippen LogP contribution in [0.3, 0.4) is 0 Å². The summed E-state index contributed by atoms with van der Waals surface area (Å²) >= 11 is 5.99. The number of carbonyl (C=O) groups is 1. The van der Waals surface area contributed by atoms with E-state index in [9.17, 15) is 14.9 Å². The molecule has 1 amide bonds. The summed E-state index contributed by atoms with van der Waals surface area (Å²) in [6.45, 7) is 0. The van der Waals surface area contributed by atoms with E-state index >= 15 is 0 Å². The van der Waals surface area contributed by atoms with E-state index in [1.807, 2.05) is 60.7 Å². The summed E-state index contributed by atoms with van der Waals surface area (Å²) in [7, 11) is 0. The number of aromatic nitrogens is 2. The Morgan fingerprint density at radius 1 is 0.882 bits per heavy atom. The van der Waals surface area contributed by atoms with Crippen LogP contribution in [0.1, 0.15) is 17.0 Å². The SMILES string of the molecule is O=C(NNc1ncnc(Nc2cccc(Cl)c2)c1[N+](=O)[O-])C(c1ccccc1)c1ccccc1. The maximum atomic E-state index is 13.2. The first-order valence-corrected chi connectivity index (χ1v) is 10.6. The molecule has 0 saturated heterocycles. The number of rotatable bonds is 8. The topological polar surface area (TPSA) is 122 Å². The Hall–Kier alpha value is -4.50. The Kier molecular flexibility index (Phi) is 6.95. The molecule has 0 aliphatic carbocycles. The summed E-state index contributed by atoms with van der Waals surface area (Å²) in [6, 6.07) is 25.1. The lowest BCUT2D eigenvalue weighted by Gasteiger charge is -2.18. The van der Waals surface area contributed by atoms with Gasteiger partial charge in [-0.3, -0.25) is 25.8 Å². The van der Waals surface area contributed by atoms with Gasteiger partial charge in [0, 0.05) is 10.7 Å². The molecule has 170 valence electrons. The Balaban J connectivity index is 1.59. The minimum Gasteiger partial charge on any atom is -0.334 e. The van der Waals surface area contributed by atoms with Gasteiger partial charge in [-0.25, -0.2) is 9.97 Å². The van der Waals surface area contributed by atoms with Gasteiger partial charge >= 0.3 is 5.69 Å². The zero-order valence-corrected chi connectivity index (χ0v) is 18.4. The second kappa shape index (κ2) is 10.4. The molecule has 1 aromatic heterocycles. The minimum atomic E-state index is -0.639. The molecule has 0 atom stereocenters. The van der Waals surface area contributed by atoms with Crippen LogP contribution in [0.15, 0.2) is 91.3 Å². The molecule has 3 N–H and O–H groups in total. The van der Waals surface area contributed by atoms with Crippen molar-refractivity contribution in [2.45, 2.75) is 5.92 Å². The van der Waals surface area contributed by atoms with E-state index in [1.54, 1.807) is 24.3 Å². The van der Waals surface area contributed by atoms with Gasteiger partial charge < -0.3 is 5.32 Å². The quantitative estimate of drug-likeness (QED) is 0.241. The standard InChI is InChI=1S/C24H19ClN6O3/c25-18-12-7-13-19(14-18)28-22-21(31(33)34)23(27-15-26-22)29-30-24(32)20(16-8-3-1-4-9-16)17-10-5-2-6-11-17/h1-15,20H,(H,30,32)(H2,26,27,28,29). The van der Waals surface area contributed by atoms with Gasteiger partial charge in [-0.15, -0.1) is 0 Å². The van der Waals surface area contributed by atoms with Crippen molar-refractivity contribution in [2.75, 3.05) is 10.7 Å². The van der Waals surface area contributed by atoms with Crippen molar-refractivity contribution >= 4 is 40.5 Å². The Labute approximate surface area is 200 Å². The van der Waals surface area contributed by atoms with Crippen LogP contribution in [0.5, 0.6) is 0 Å². The van der Waals surface area contributed by atoms with E-state index < -0.39 is 22.4 Å². The predicted octanol–water partition coefficient (Wildman–Crippen LogP) is 5.06.